The van der Waals surface area contributed by atoms with Gasteiger partial charge < -0.3 is 19.6 Å². The van der Waals surface area contributed by atoms with E-state index in [9.17, 15) is 22.8 Å². The summed E-state index contributed by atoms with van der Waals surface area (Å²) in [6, 6.07) is 10.8. The van der Waals surface area contributed by atoms with Crippen LogP contribution in [0.2, 0.25) is 0 Å². The molecule has 0 unspecified atom stereocenters. The first-order valence-corrected chi connectivity index (χ1v) is 13.5. The van der Waals surface area contributed by atoms with Crippen LogP contribution in [-0.2, 0) is 17.4 Å². The molecule has 1 aromatic carbocycles. The summed E-state index contributed by atoms with van der Waals surface area (Å²) in [6.07, 6.45) is -2.55. The molecule has 0 saturated carbocycles. The van der Waals surface area contributed by atoms with Crippen molar-refractivity contribution in [3.05, 3.63) is 65.3 Å². The largest absolute Gasteiger partial charge is 0.416 e. The number of aromatic nitrogens is 2. The van der Waals surface area contributed by atoms with Crippen molar-refractivity contribution >= 4 is 39.9 Å². The molecule has 0 bridgehead atoms. The van der Waals surface area contributed by atoms with E-state index in [2.05, 4.69) is 20.2 Å². The summed E-state index contributed by atoms with van der Waals surface area (Å²) in [4.78, 5) is 41.7. The molecule has 13 heteroatoms. The number of alkyl halides is 3. The van der Waals surface area contributed by atoms with Gasteiger partial charge in [-0.1, -0.05) is 12.1 Å². The fraction of sp³-hybridized carbons (Fsp3) is 0.385. The fourth-order valence-corrected chi connectivity index (χ4v) is 5.36. The van der Waals surface area contributed by atoms with Gasteiger partial charge in [0.2, 0.25) is 5.91 Å². The molecule has 0 spiro atoms. The molecule has 2 saturated heterocycles. The van der Waals surface area contributed by atoms with Crippen LogP contribution in [0.15, 0.2) is 54.0 Å². The molecule has 4 heterocycles. The highest BCUT2D eigenvalue weighted by molar-refractivity contribution is 7.13. The minimum Gasteiger partial charge on any atom is -0.368 e. The highest BCUT2D eigenvalue weighted by Gasteiger charge is 2.31. The first kappa shape index (κ1) is 26.7. The van der Waals surface area contributed by atoms with Gasteiger partial charge in [-0.3, -0.25) is 10.1 Å². The van der Waals surface area contributed by atoms with E-state index in [0.717, 1.165) is 18.0 Å². The SMILES string of the molecule is O=C(Cc1csc(NC(=O)N2CCN(c3ccccn3)CC2)n1)N1CCN(c2cccc(C(F)(F)F)c2)CC1. The van der Waals surface area contributed by atoms with Crippen molar-refractivity contribution in [3.8, 4) is 0 Å². The zero-order valence-electron chi connectivity index (χ0n) is 21.1. The van der Waals surface area contributed by atoms with Gasteiger partial charge in [0.1, 0.15) is 5.82 Å². The highest BCUT2D eigenvalue weighted by atomic mass is 32.1. The smallest absolute Gasteiger partial charge is 0.368 e. The number of nitrogens with one attached hydrogen (secondary N) is 1. The number of rotatable bonds is 5. The molecule has 0 radical (unpaired) electrons. The van der Waals surface area contributed by atoms with Gasteiger partial charge in [-0.15, -0.1) is 11.3 Å². The van der Waals surface area contributed by atoms with Gasteiger partial charge in [0.15, 0.2) is 5.13 Å². The number of carbonyl (C=O) groups excluding carboxylic acids is 2. The minimum atomic E-state index is -4.39. The van der Waals surface area contributed by atoms with Gasteiger partial charge in [0.25, 0.3) is 0 Å². The Labute approximate surface area is 227 Å². The number of piperazine rings is 2. The quantitative estimate of drug-likeness (QED) is 0.512. The molecule has 1 N–H and O–H groups in total. The molecule has 3 aromatic rings. The second kappa shape index (κ2) is 11.5. The second-order valence-corrected chi connectivity index (χ2v) is 10.2. The molecule has 3 amide bonds. The third kappa shape index (κ3) is 6.59. The Morgan fingerprint density at radius 3 is 2.31 bits per heavy atom. The Morgan fingerprint density at radius 2 is 1.62 bits per heavy atom. The van der Waals surface area contributed by atoms with Crippen LogP contribution in [0, 0.1) is 0 Å². The Kier molecular flexibility index (Phi) is 7.87. The maximum atomic E-state index is 13.0. The van der Waals surface area contributed by atoms with E-state index >= 15 is 0 Å². The highest BCUT2D eigenvalue weighted by Crippen LogP contribution is 2.32. The number of nitrogens with zero attached hydrogens (tertiary/aromatic N) is 6. The summed E-state index contributed by atoms with van der Waals surface area (Å²) >= 11 is 1.27. The van der Waals surface area contributed by atoms with E-state index in [-0.39, 0.29) is 18.4 Å². The van der Waals surface area contributed by atoms with E-state index in [1.807, 2.05) is 23.1 Å². The Morgan fingerprint density at radius 1 is 0.897 bits per heavy atom. The van der Waals surface area contributed by atoms with Crippen molar-refractivity contribution in [1.82, 2.24) is 19.8 Å². The van der Waals surface area contributed by atoms with Gasteiger partial charge in [0, 0.05) is 69.6 Å². The normalized spacial score (nSPS) is 16.4. The van der Waals surface area contributed by atoms with Crippen molar-refractivity contribution in [3.63, 3.8) is 0 Å². The molecule has 2 aliphatic heterocycles. The van der Waals surface area contributed by atoms with Crippen molar-refractivity contribution in [1.29, 1.82) is 0 Å². The molecular formula is C26H28F3N7O2S. The molecular weight excluding hydrogens is 531 g/mol. The molecule has 9 nitrogen and oxygen atoms in total. The molecule has 2 aliphatic rings. The number of hydrogen-bond acceptors (Lipinski definition) is 7. The first-order valence-electron chi connectivity index (χ1n) is 12.6. The summed E-state index contributed by atoms with van der Waals surface area (Å²) < 4.78 is 39.1. The van der Waals surface area contributed by atoms with Crippen LogP contribution in [0.3, 0.4) is 0 Å². The van der Waals surface area contributed by atoms with Gasteiger partial charge in [0.05, 0.1) is 17.7 Å². The van der Waals surface area contributed by atoms with Crippen LogP contribution in [-0.4, -0.2) is 84.1 Å². The molecule has 206 valence electrons. The van der Waals surface area contributed by atoms with Gasteiger partial charge in [-0.25, -0.2) is 14.8 Å². The molecule has 39 heavy (non-hydrogen) atoms. The predicted molar refractivity (Wildman–Crippen MR) is 143 cm³/mol. The lowest BCUT2D eigenvalue weighted by Crippen LogP contribution is -2.50. The lowest BCUT2D eigenvalue weighted by molar-refractivity contribution is -0.137. The Bertz CT molecular complexity index is 1290. The van der Waals surface area contributed by atoms with E-state index < -0.39 is 11.7 Å². The third-order valence-electron chi connectivity index (χ3n) is 6.81. The van der Waals surface area contributed by atoms with Crippen molar-refractivity contribution < 1.29 is 22.8 Å². The van der Waals surface area contributed by atoms with Crippen LogP contribution < -0.4 is 15.1 Å². The average Bonchev–Trinajstić information content (AvgIpc) is 3.39. The van der Waals surface area contributed by atoms with Crippen LogP contribution in [0.4, 0.5) is 34.6 Å². The van der Waals surface area contributed by atoms with Crippen LogP contribution in [0.5, 0.6) is 0 Å². The van der Waals surface area contributed by atoms with Gasteiger partial charge in [-0.05, 0) is 30.3 Å². The summed E-state index contributed by atoms with van der Waals surface area (Å²) in [5.74, 6) is 0.788. The van der Waals surface area contributed by atoms with Gasteiger partial charge in [-0.2, -0.15) is 13.2 Å². The lowest BCUT2D eigenvalue weighted by atomic mass is 10.1. The van der Waals surface area contributed by atoms with E-state index in [1.165, 1.54) is 17.4 Å². The summed E-state index contributed by atoms with van der Waals surface area (Å²) in [5, 5.41) is 5.02. The van der Waals surface area contributed by atoms with Crippen molar-refractivity contribution in [2.24, 2.45) is 0 Å². The molecule has 0 aliphatic carbocycles. The van der Waals surface area contributed by atoms with E-state index in [4.69, 9.17) is 0 Å². The number of benzene rings is 1. The average molecular weight is 560 g/mol. The third-order valence-corrected chi connectivity index (χ3v) is 7.62. The summed E-state index contributed by atoms with van der Waals surface area (Å²) in [6.45, 7) is 4.20. The number of anilines is 3. The Hall–Kier alpha value is -3.87. The van der Waals surface area contributed by atoms with Crippen LogP contribution in [0.1, 0.15) is 11.3 Å². The van der Waals surface area contributed by atoms with Crippen LogP contribution >= 0.6 is 11.3 Å². The second-order valence-electron chi connectivity index (χ2n) is 9.33. The number of halogens is 3. The zero-order chi connectivity index (χ0) is 27.4. The molecule has 5 rings (SSSR count). The van der Waals surface area contributed by atoms with Crippen molar-refractivity contribution in [2.75, 3.05) is 67.5 Å². The first-order chi connectivity index (χ1) is 18.8. The van der Waals surface area contributed by atoms with E-state index in [1.54, 1.807) is 27.4 Å². The molecule has 2 aromatic heterocycles. The number of thiazole rings is 1. The zero-order valence-corrected chi connectivity index (χ0v) is 21.9. The maximum Gasteiger partial charge on any atom is 0.416 e. The van der Waals surface area contributed by atoms with Crippen molar-refractivity contribution in [2.45, 2.75) is 12.6 Å². The standard InChI is InChI=1S/C26H28F3N7O2S/c27-26(28,29)19-4-3-5-21(16-19)33-8-12-35(13-9-33)23(37)17-20-18-39-24(31-20)32-25(38)36-14-10-34(11-15-36)22-6-1-2-7-30-22/h1-7,16,18H,8-15,17H2,(H,31,32,38). The number of pyridine rings is 1. The minimum absolute atomic E-state index is 0.0959. The lowest BCUT2D eigenvalue weighted by Gasteiger charge is -2.36. The summed E-state index contributed by atoms with van der Waals surface area (Å²) in [7, 11) is 0. The molecule has 0 atom stereocenters. The predicted octanol–water partition coefficient (Wildman–Crippen LogP) is 3.80. The Balaban J connectivity index is 1.08. The maximum absolute atomic E-state index is 13.0. The number of amides is 3. The monoisotopic (exact) mass is 559 g/mol. The fourth-order valence-electron chi connectivity index (χ4n) is 4.66. The number of hydrogen-bond donors (Lipinski definition) is 1. The van der Waals surface area contributed by atoms with Gasteiger partial charge >= 0.3 is 12.2 Å². The van der Waals surface area contributed by atoms with E-state index in [0.29, 0.717) is 68.9 Å². The topological polar surface area (TPSA) is 84.9 Å². The molecule has 2 fully saturated rings. The number of carbonyl (C=O) groups is 2. The summed E-state index contributed by atoms with van der Waals surface area (Å²) in [5.41, 5.74) is 0.382. The number of urea groups is 1. The van der Waals surface area contributed by atoms with Crippen LogP contribution in [0.25, 0.3) is 0 Å².